The molecule has 4 rings (SSSR count). The Hall–Kier alpha value is -3.87. The predicted octanol–water partition coefficient (Wildman–Crippen LogP) is 5.99. The van der Waals surface area contributed by atoms with Gasteiger partial charge in [-0.2, -0.15) is 26.3 Å². The van der Waals surface area contributed by atoms with Crippen LogP contribution in [0.3, 0.4) is 0 Å². The van der Waals surface area contributed by atoms with E-state index in [0.717, 1.165) is 5.56 Å². The number of fused-ring (bicyclic) bond motifs is 1. The molecule has 13 heteroatoms. The van der Waals surface area contributed by atoms with Crippen LogP contribution in [0, 0.1) is 6.92 Å². The van der Waals surface area contributed by atoms with E-state index in [2.05, 4.69) is 9.97 Å². The maximum absolute atomic E-state index is 13.5. The summed E-state index contributed by atoms with van der Waals surface area (Å²) in [6, 6.07) is 12.3. The Labute approximate surface area is 206 Å². The number of carbonyl (C=O) groups excluding carboxylic acids is 1. The highest BCUT2D eigenvalue weighted by Crippen LogP contribution is 2.36. The number of sulfonamides is 1. The van der Waals surface area contributed by atoms with Crippen LogP contribution in [0.5, 0.6) is 0 Å². The summed E-state index contributed by atoms with van der Waals surface area (Å²) in [6.07, 6.45) is -10.4. The first-order valence-electron chi connectivity index (χ1n) is 10.5. The number of Topliss-reactive ketones (excluding diaryl/α,β-unsaturated/α-hetero) is 1. The maximum Gasteiger partial charge on any atom is 0.416 e. The molecule has 0 amide bonds. The second kappa shape index (κ2) is 9.21. The number of nitrogens with one attached hydrogen (secondary N) is 1. The van der Waals surface area contributed by atoms with Gasteiger partial charge in [0.1, 0.15) is 6.54 Å². The summed E-state index contributed by atoms with van der Waals surface area (Å²) in [7, 11) is -4.52. The molecule has 0 unspecified atom stereocenters. The third-order valence-corrected chi connectivity index (χ3v) is 7.17. The van der Waals surface area contributed by atoms with E-state index in [-0.39, 0.29) is 29.0 Å². The molecule has 194 valence electrons. The zero-order valence-corrected chi connectivity index (χ0v) is 19.7. The molecule has 0 spiro atoms. The molecule has 0 bridgehead atoms. The van der Waals surface area contributed by atoms with Crippen LogP contribution in [0.15, 0.2) is 71.6 Å². The van der Waals surface area contributed by atoms with E-state index >= 15 is 0 Å². The number of halogens is 6. The van der Waals surface area contributed by atoms with Crippen LogP contribution in [-0.2, 0) is 22.4 Å². The number of nitrogens with zero attached hydrogens (tertiary/aromatic N) is 2. The van der Waals surface area contributed by atoms with Gasteiger partial charge in [0, 0.05) is 5.56 Å². The molecule has 0 fully saturated rings. The highest BCUT2D eigenvalue weighted by atomic mass is 32.2. The van der Waals surface area contributed by atoms with Gasteiger partial charge in [0.2, 0.25) is 5.95 Å². The molecule has 1 N–H and O–H groups in total. The van der Waals surface area contributed by atoms with Crippen molar-refractivity contribution in [3.63, 3.8) is 0 Å². The number of imidazole rings is 1. The van der Waals surface area contributed by atoms with Crippen LogP contribution in [0.4, 0.5) is 32.3 Å². The smallest absolute Gasteiger partial charge is 0.323 e. The minimum Gasteiger partial charge on any atom is -0.323 e. The van der Waals surface area contributed by atoms with E-state index < -0.39 is 51.4 Å². The average molecular weight is 541 g/mol. The van der Waals surface area contributed by atoms with E-state index in [1.807, 2.05) is 0 Å². The molecule has 37 heavy (non-hydrogen) atoms. The zero-order valence-electron chi connectivity index (χ0n) is 18.9. The molecule has 0 saturated heterocycles. The van der Waals surface area contributed by atoms with E-state index in [9.17, 15) is 39.6 Å². The molecule has 0 aliphatic rings. The lowest BCUT2D eigenvalue weighted by atomic mass is 10.0. The molecular weight excluding hydrogens is 524 g/mol. The normalized spacial score (nSPS) is 12.6. The maximum atomic E-state index is 13.5. The average Bonchev–Trinajstić information content (AvgIpc) is 3.25. The monoisotopic (exact) mass is 541 g/mol. The van der Waals surface area contributed by atoms with E-state index in [1.54, 1.807) is 31.2 Å². The van der Waals surface area contributed by atoms with E-state index in [1.165, 1.54) is 24.3 Å². The summed E-state index contributed by atoms with van der Waals surface area (Å²) >= 11 is 0. The van der Waals surface area contributed by atoms with Gasteiger partial charge in [0.25, 0.3) is 10.0 Å². The summed E-state index contributed by atoms with van der Waals surface area (Å²) in [5.74, 6) is -1.63. The fourth-order valence-corrected chi connectivity index (χ4v) is 4.84. The number of aromatic nitrogens is 2. The molecule has 6 nitrogen and oxygen atoms in total. The Balaban J connectivity index is 1.83. The number of hydrogen-bond donors (Lipinski definition) is 1. The predicted molar refractivity (Wildman–Crippen MR) is 123 cm³/mol. The van der Waals surface area contributed by atoms with Crippen molar-refractivity contribution in [1.82, 2.24) is 9.97 Å². The van der Waals surface area contributed by atoms with Crippen molar-refractivity contribution in [3.05, 3.63) is 89.0 Å². The molecule has 1 heterocycles. The molecule has 0 saturated carbocycles. The fourth-order valence-electron chi connectivity index (χ4n) is 3.51. The topological polar surface area (TPSA) is 83.1 Å². The SMILES string of the molecule is Cc1ccc(S(=O)(=O)N(CC(=O)c2cc(C(F)(F)F)cc(C(F)(F)F)c2)c2nc3ccccc3[nH]2)cc1. The number of hydrogen-bond acceptors (Lipinski definition) is 4. The van der Waals surface area contributed by atoms with Gasteiger partial charge in [-0.15, -0.1) is 0 Å². The Morgan fingerprint density at radius 3 is 2.00 bits per heavy atom. The number of alkyl halides is 6. The molecule has 4 aromatic rings. The van der Waals surface area contributed by atoms with Gasteiger partial charge in [-0.25, -0.2) is 17.7 Å². The number of rotatable bonds is 6. The van der Waals surface area contributed by atoms with E-state index in [4.69, 9.17) is 0 Å². The van der Waals surface area contributed by atoms with Crippen LogP contribution in [0.2, 0.25) is 0 Å². The molecular formula is C24H17F6N3O3S. The van der Waals surface area contributed by atoms with Crippen LogP contribution >= 0.6 is 0 Å². The van der Waals surface area contributed by atoms with Gasteiger partial charge >= 0.3 is 12.4 Å². The number of ketones is 1. The lowest BCUT2D eigenvalue weighted by molar-refractivity contribution is -0.143. The summed E-state index contributed by atoms with van der Waals surface area (Å²) in [4.78, 5) is 19.7. The van der Waals surface area contributed by atoms with Crippen LogP contribution in [0.1, 0.15) is 27.0 Å². The molecule has 1 aromatic heterocycles. The minimum absolute atomic E-state index is 0.114. The Morgan fingerprint density at radius 1 is 0.892 bits per heavy atom. The van der Waals surface area contributed by atoms with Gasteiger partial charge in [-0.05, 0) is 49.4 Å². The van der Waals surface area contributed by atoms with Crippen LogP contribution in [0.25, 0.3) is 11.0 Å². The number of aryl methyl sites for hydroxylation is 1. The molecule has 0 radical (unpaired) electrons. The first-order valence-corrected chi connectivity index (χ1v) is 12.0. The number of benzene rings is 3. The summed E-state index contributed by atoms with van der Waals surface area (Å²) < 4.78 is 107. The highest BCUT2D eigenvalue weighted by molar-refractivity contribution is 7.92. The molecule has 0 aliphatic heterocycles. The standard InChI is InChI=1S/C24H17F6N3O3S/c1-14-6-8-18(9-7-14)37(35,36)33(22-31-19-4-2-3-5-20(19)32-22)13-21(34)15-10-16(23(25,26)27)12-17(11-15)24(28,29)30/h2-12H,13H2,1H3,(H,31,32). The van der Waals surface area contributed by atoms with Gasteiger partial charge in [-0.1, -0.05) is 29.8 Å². The number of H-pyrrole nitrogens is 1. The van der Waals surface area contributed by atoms with Crippen molar-refractivity contribution in [3.8, 4) is 0 Å². The number of aromatic amines is 1. The van der Waals surface area contributed by atoms with Crippen molar-refractivity contribution < 1.29 is 39.6 Å². The Bertz CT molecular complexity index is 1510. The lowest BCUT2D eigenvalue weighted by Gasteiger charge is -2.22. The second-order valence-corrected chi connectivity index (χ2v) is 9.98. The summed E-state index contributed by atoms with van der Waals surface area (Å²) in [6.45, 7) is 0.595. The largest absolute Gasteiger partial charge is 0.416 e. The fraction of sp³-hybridized carbons (Fsp3) is 0.167. The van der Waals surface area contributed by atoms with Gasteiger partial charge in [0.15, 0.2) is 5.78 Å². The van der Waals surface area contributed by atoms with Crippen LogP contribution in [-0.4, -0.2) is 30.7 Å². The third-order valence-electron chi connectivity index (χ3n) is 5.42. The molecule has 0 aliphatic carbocycles. The number of anilines is 1. The quantitative estimate of drug-likeness (QED) is 0.240. The van der Waals surface area contributed by atoms with Crippen molar-refractivity contribution in [2.75, 3.05) is 10.8 Å². The van der Waals surface area contributed by atoms with E-state index in [0.29, 0.717) is 15.3 Å². The Morgan fingerprint density at radius 2 is 1.46 bits per heavy atom. The van der Waals surface area contributed by atoms with Crippen LogP contribution < -0.4 is 4.31 Å². The van der Waals surface area contributed by atoms with Gasteiger partial charge in [-0.3, -0.25) is 4.79 Å². The van der Waals surface area contributed by atoms with Crippen molar-refractivity contribution in [2.24, 2.45) is 0 Å². The third kappa shape index (κ3) is 5.45. The number of para-hydroxylation sites is 2. The summed E-state index contributed by atoms with van der Waals surface area (Å²) in [5.41, 5.74) is -2.89. The Kier molecular flexibility index (Phi) is 6.52. The first-order chi connectivity index (χ1) is 17.2. The second-order valence-electron chi connectivity index (χ2n) is 8.12. The van der Waals surface area contributed by atoms with Gasteiger partial charge < -0.3 is 4.98 Å². The first kappa shape index (κ1) is 26.2. The van der Waals surface area contributed by atoms with Crippen molar-refractivity contribution in [2.45, 2.75) is 24.2 Å². The van der Waals surface area contributed by atoms with Crippen molar-refractivity contribution in [1.29, 1.82) is 0 Å². The van der Waals surface area contributed by atoms with Gasteiger partial charge in [0.05, 0.1) is 27.1 Å². The van der Waals surface area contributed by atoms with Crippen molar-refractivity contribution >= 4 is 32.8 Å². The lowest BCUT2D eigenvalue weighted by Crippen LogP contribution is -2.36. The minimum atomic E-state index is -5.18. The number of carbonyl (C=O) groups is 1. The zero-order chi connectivity index (χ0) is 27.2. The summed E-state index contributed by atoms with van der Waals surface area (Å²) in [5, 5.41) is 0. The molecule has 3 aromatic carbocycles. The molecule has 0 atom stereocenters. The highest BCUT2D eigenvalue weighted by Gasteiger charge is 2.38.